The SMILES string of the molecule is Cc1nc(=O)[nH]c(C)c1CC(=O)N[C@H]1CCN(Cc2ccccc2)C1. The van der Waals surface area contributed by atoms with Crippen molar-refractivity contribution in [2.24, 2.45) is 0 Å². The fraction of sp³-hybridized carbons (Fsp3) is 0.421. The van der Waals surface area contributed by atoms with Gasteiger partial charge in [0.05, 0.1) is 6.42 Å². The normalized spacial score (nSPS) is 17.6. The van der Waals surface area contributed by atoms with Crippen molar-refractivity contribution in [3.63, 3.8) is 0 Å². The molecule has 132 valence electrons. The fourth-order valence-electron chi connectivity index (χ4n) is 3.39. The zero-order valence-electron chi connectivity index (χ0n) is 14.7. The van der Waals surface area contributed by atoms with Crippen molar-refractivity contribution in [1.29, 1.82) is 0 Å². The number of nitrogens with zero attached hydrogens (tertiary/aromatic N) is 2. The molecule has 1 aliphatic heterocycles. The molecule has 6 heteroatoms. The number of aryl methyl sites for hydroxylation is 2. The van der Waals surface area contributed by atoms with Crippen LogP contribution in [-0.4, -0.2) is 39.9 Å². The second-order valence-corrected chi connectivity index (χ2v) is 6.68. The highest BCUT2D eigenvalue weighted by Gasteiger charge is 2.24. The number of hydrogen-bond donors (Lipinski definition) is 2. The van der Waals surface area contributed by atoms with Crippen molar-refractivity contribution in [2.45, 2.75) is 39.3 Å². The molecular weight excluding hydrogens is 316 g/mol. The third-order valence-electron chi connectivity index (χ3n) is 4.68. The standard InChI is InChI=1S/C19H24N4O2/c1-13-17(14(2)21-19(25)20-13)10-18(24)22-16-8-9-23(12-16)11-15-6-4-3-5-7-15/h3-7,16H,8-12H2,1-2H3,(H,22,24)(H,20,21,25)/t16-/m0/s1. The maximum Gasteiger partial charge on any atom is 0.345 e. The molecule has 2 N–H and O–H groups in total. The molecule has 6 nitrogen and oxygen atoms in total. The Labute approximate surface area is 147 Å². The summed E-state index contributed by atoms with van der Waals surface area (Å²) < 4.78 is 0. The number of carbonyl (C=O) groups excluding carboxylic acids is 1. The fourth-order valence-corrected chi connectivity index (χ4v) is 3.39. The predicted molar refractivity (Wildman–Crippen MR) is 96.3 cm³/mol. The molecule has 0 aliphatic carbocycles. The Morgan fingerprint density at radius 3 is 2.80 bits per heavy atom. The van der Waals surface area contributed by atoms with Gasteiger partial charge >= 0.3 is 5.69 Å². The molecular formula is C19H24N4O2. The summed E-state index contributed by atoms with van der Waals surface area (Å²) in [5.41, 5.74) is 3.06. The molecule has 0 unspecified atom stereocenters. The van der Waals surface area contributed by atoms with Gasteiger partial charge in [-0.3, -0.25) is 9.69 Å². The molecule has 25 heavy (non-hydrogen) atoms. The van der Waals surface area contributed by atoms with Crippen LogP contribution in [0.15, 0.2) is 35.1 Å². The van der Waals surface area contributed by atoms with Crippen LogP contribution in [0.5, 0.6) is 0 Å². The van der Waals surface area contributed by atoms with Gasteiger partial charge in [0.25, 0.3) is 0 Å². The van der Waals surface area contributed by atoms with Gasteiger partial charge in [0, 0.05) is 42.6 Å². The highest BCUT2D eigenvalue weighted by atomic mass is 16.2. The lowest BCUT2D eigenvalue weighted by atomic mass is 10.1. The van der Waals surface area contributed by atoms with Crippen molar-refractivity contribution < 1.29 is 4.79 Å². The van der Waals surface area contributed by atoms with Crippen LogP contribution >= 0.6 is 0 Å². The van der Waals surface area contributed by atoms with Crippen LogP contribution in [0, 0.1) is 13.8 Å². The number of rotatable bonds is 5. The molecule has 1 aromatic carbocycles. The summed E-state index contributed by atoms with van der Waals surface area (Å²) in [6.07, 6.45) is 1.21. The number of nitrogens with one attached hydrogen (secondary N) is 2. The minimum atomic E-state index is -0.369. The lowest BCUT2D eigenvalue weighted by Crippen LogP contribution is -2.38. The number of H-pyrrole nitrogens is 1. The van der Waals surface area contributed by atoms with Crippen molar-refractivity contribution in [3.05, 3.63) is 63.3 Å². The van der Waals surface area contributed by atoms with E-state index < -0.39 is 0 Å². The molecule has 0 radical (unpaired) electrons. The Kier molecular flexibility index (Phi) is 5.28. The van der Waals surface area contributed by atoms with Gasteiger partial charge in [-0.1, -0.05) is 30.3 Å². The van der Waals surface area contributed by atoms with E-state index in [-0.39, 0.29) is 24.1 Å². The molecule has 1 fully saturated rings. The molecule has 3 rings (SSSR count). The van der Waals surface area contributed by atoms with Crippen LogP contribution in [0.2, 0.25) is 0 Å². The maximum atomic E-state index is 12.4. The summed E-state index contributed by atoms with van der Waals surface area (Å²) >= 11 is 0. The van der Waals surface area contributed by atoms with Gasteiger partial charge in [-0.15, -0.1) is 0 Å². The third kappa shape index (κ3) is 4.54. The van der Waals surface area contributed by atoms with E-state index in [2.05, 4.69) is 32.3 Å². The number of carbonyl (C=O) groups is 1. The smallest absolute Gasteiger partial charge is 0.345 e. The number of aromatic nitrogens is 2. The number of benzene rings is 1. The van der Waals surface area contributed by atoms with Crippen molar-refractivity contribution in [3.8, 4) is 0 Å². The van der Waals surface area contributed by atoms with Gasteiger partial charge in [-0.2, -0.15) is 4.98 Å². The maximum absolute atomic E-state index is 12.4. The van der Waals surface area contributed by atoms with Gasteiger partial charge in [-0.05, 0) is 25.8 Å². The van der Waals surface area contributed by atoms with Crippen LogP contribution in [-0.2, 0) is 17.8 Å². The van der Waals surface area contributed by atoms with Crippen LogP contribution in [0.1, 0.15) is 28.9 Å². The number of aromatic amines is 1. The Morgan fingerprint density at radius 2 is 2.08 bits per heavy atom. The van der Waals surface area contributed by atoms with E-state index in [1.54, 1.807) is 13.8 Å². The molecule has 0 bridgehead atoms. The Balaban J connectivity index is 1.53. The molecule has 2 aromatic rings. The summed E-state index contributed by atoms with van der Waals surface area (Å²) in [6.45, 7) is 6.33. The van der Waals surface area contributed by atoms with E-state index in [1.165, 1.54) is 5.56 Å². The third-order valence-corrected chi connectivity index (χ3v) is 4.68. The van der Waals surface area contributed by atoms with E-state index in [0.717, 1.165) is 31.6 Å². The van der Waals surface area contributed by atoms with Gasteiger partial charge < -0.3 is 10.3 Å². The average Bonchev–Trinajstić information content (AvgIpc) is 2.98. The lowest BCUT2D eigenvalue weighted by Gasteiger charge is -2.17. The van der Waals surface area contributed by atoms with Crippen molar-refractivity contribution in [2.75, 3.05) is 13.1 Å². The molecule has 1 saturated heterocycles. The molecule has 1 atom stereocenters. The van der Waals surface area contributed by atoms with Crippen molar-refractivity contribution in [1.82, 2.24) is 20.2 Å². The Hall–Kier alpha value is -2.47. The second-order valence-electron chi connectivity index (χ2n) is 6.68. The summed E-state index contributed by atoms with van der Waals surface area (Å²) in [4.78, 5) is 32.6. The number of likely N-dealkylation sites (tertiary alicyclic amines) is 1. The van der Waals surface area contributed by atoms with Gasteiger partial charge in [0.15, 0.2) is 0 Å². The van der Waals surface area contributed by atoms with E-state index >= 15 is 0 Å². The molecule has 1 aromatic heterocycles. The van der Waals surface area contributed by atoms with Crippen LogP contribution in [0.4, 0.5) is 0 Å². The van der Waals surface area contributed by atoms with E-state index in [9.17, 15) is 9.59 Å². The minimum Gasteiger partial charge on any atom is -0.352 e. The first kappa shape index (κ1) is 17.4. The first-order valence-electron chi connectivity index (χ1n) is 8.63. The van der Waals surface area contributed by atoms with Crippen molar-refractivity contribution >= 4 is 5.91 Å². The summed E-state index contributed by atoms with van der Waals surface area (Å²) in [5.74, 6) is -0.0217. The van der Waals surface area contributed by atoms with E-state index in [1.807, 2.05) is 18.2 Å². The summed E-state index contributed by atoms with van der Waals surface area (Å²) in [7, 11) is 0. The Bertz CT molecular complexity index is 775. The van der Waals surface area contributed by atoms with E-state index in [0.29, 0.717) is 11.4 Å². The second kappa shape index (κ2) is 7.61. The average molecular weight is 340 g/mol. The topological polar surface area (TPSA) is 78.1 Å². The largest absolute Gasteiger partial charge is 0.352 e. The first-order chi connectivity index (χ1) is 12.0. The molecule has 1 aliphatic rings. The Morgan fingerprint density at radius 1 is 1.32 bits per heavy atom. The number of hydrogen-bond acceptors (Lipinski definition) is 4. The van der Waals surface area contributed by atoms with E-state index in [4.69, 9.17) is 0 Å². The van der Waals surface area contributed by atoms with Crippen LogP contribution in [0.25, 0.3) is 0 Å². The predicted octanol–water partition coefficient (Wildman–Crippen LogP) is 1.32. The van der Waals surface area contributed by atoms with Gasteiger partial charge in [0.1, 0.15) is 0 Å². The zero-order chi connectivity index (χ0) is 17.8. The van der Waals surface area contributed by atoms with Gasteiger partial charge in [-0.25, -0.2) is 4.79 Å². The summed E-state index contributed by atoms with van der Waals surface area (Å²) in [6, 6.07) is 10.5. The molecule has 1 amide bonds. The monoisotopic (exact) mass is 340 g/mol. The van der Waals surface area contributed by atoms with Crippen LogP contribution < -0.4 is 11.0 Å². The number of amides is 1. The molecule has 2 heterocycles. The highest BCUT2D eigenvalue weighted by molar-refractivity contribution is 5.79. The lowest BCUT2D eigenvalue weighted by molar-refractivity contribution is -0.121. The highest BCUT2D eigenvalue weighted by Crippen LogP contribution is 2.14. The first-order valence-corrected chi connectivity index (χ1v) is 8.63. The van der Waals surface area contributed by atoms with Gasteiger partial charge in [0.2, 0.25) is 5.91 Å². The molecule has 0 spiro atoms. The summed E-state index contributed by atoms with van der Waals surface area (Å²) in [5, 5.41) is 3.11. The molecule has 0 saturated carbocycles. The zero-order valence-corrected chi connectivity index (χ0v) is 14.7. The van der Waals surface area contributed by atoms with Crippen LogP contribution in [0.3, 0.4) is 0 Å². The minimum absolute atomic E-state index is 0.0217. The quantitative estimate of drug-likeness (QED) is 0.860.